The zero-order valence-electron chi connectivity index (χ0n) is 13.0. The second kappa shape index (κ2) is 12.7. The summed E-state index contributed by atoms with van der Waals surface area (Å²) in [5, 5.41) is 5.32. The van der Waals surface area contributed by atoms with Crippen molar-refractivity contribution in [2.24, 2.45) is 0 Å². The number of rotatable bonds is 0. The fourth-order valence-electron chi connectivity index (χ4n) is 2.14. The minimum atomic E-state index is 0. The standard InChI is InChI=1S/2C9H7.C2H5.2FH.Ti/c2*1-2-5-9-7-3-6-8(9)4-1;1-2;;;/h2*1-7H;1H2,2H3;2*1H;/q3*-1;;;+2/p-2. The van der Waals surface area contributed by atoms with Crippen LogP contribution in [0, 0.1) is 6.92 Å². The Bertz CT molecular complexity index is 630. The van der Waals surface area contributed by atoms with Crippen LogP contribution in [-0.4, -0.2) is 0 Å². The van der Waals surface area contributed by atoms with Crippen molar-refractivity contribution in [2.75, 3.05) is 0 Å². The number of hydrogen-bond donors (Lipinski definition) is 0. The van der Waals surface area contributed by atoms with Gasteiger partial charge in [0.05, 0.1) is 0 Å². The summed E-state index contributed by atoms with van der Waals surface area (Å²) >= 11 is 0. The van der Waals surface area contributed by atoms with Crippen LogP contribution < -0.4 is 9.41 Å². The Hall–Kier alpha value is -1.77. The topological polar surface area (TPSA) is 0 Å². The van der Waals surface area contributed by atoms with Crippen molar-refractivity contribution < 1.29 is 31.1 Å². The summed E-state index contributed by atoms with van der Waals surface area (Å²) in [6, 6.07) is 29.3. The molecule has 0 radical (unpaired) electrons. The van der Waals surface area contributed by atoms with Crippen LogP contribution in [0.3, 0.4) is 0 Å². The number of fused-ring (bicyclic) bond motifs is 2. The third kappa shape index (κ3) is 6.47. The van der Waals surface area contributed by atoms with Gasteiger partial charge in [-0.25, -0.2) is 0 Å². The predicted octanol–water partition coefficient (Wildman–Crippen LogP) is -0.0367. The summed E-state index contributed by atoms with van der Waals surface area (Å²) in [5.74, 6) is 0. The van der Waals surface area contributed by atoms with Crippen molar-refractivity contribution in [2.45, 2.75) is 6.92 Å². The molecule has 23 heavy (non-hydrogen) atoms. The third-order valence-corrected chi connectivity index (χ3v) is 3.10. The molecule has 0 aliphatic carbocycles. The van der Waals surface area contributed by atoms with E-state index in [1.54, 1.807) is 6.92 Å². The Labute approximate surface area is 151 Å². The van der Waals surface area contributed by atoms with Gasteiger partial charge in [-0.2, -0.15) is 42.0 Å². The minimum absolute atomic E-state index is 0. The van der Waals surface area contributed by atoms with Crippen LogP contribution in [0.15, 0.2) is 84.9 Å². The van der Waals surface area contributed by atoms with Gasteiger partial charge >= 0.3 is 21.7 Å². The first kappa shape index (κ1) is 23.5. The first-order chi connectivity index (χ1) is 9.93. The van der Waals surface area contributed by atoms with Gasteiger partial charge in [0.25, 0.3) is 0 Å². The van der Waals surface area contributed by atoms with Crippen molar-refractivity contribution in [1.29, 1.82) is 0 Å². The monoisotopic (exact) mass is 345 g/mol. The van der Waals surface area contributed by atoms with Gasteiger partial charge < -0.3 is 16.3 Å². The van der Waals surface area contributed by atoms with E-state index in [0.29, 0.717) is 0 Å². The second-order valence-corrected chi connectivity index (χ2v) is 4.31. The van der Waals surface area contributed by atoms with Crippen LogP contribution in [0.25, 0.3) is 21.5 Å². The van der Waals surface area contributed by atoms with Gasteiger partial charge in [0.1, 0.15) is 0 Å². The molecule has 0 N–H and O–H groups in total. The smallest absolute Gasteiger partial charge is 1.00 e. The molecule has 0 aliphatic rings. The Morgan fingerprint density at radius 3 is 1.30 bits per heavy atom. The van der Waals surface area contributed by atoms with Crippen LogP contribution in [-0.2, 0) is 21.7 Å². The maximum Gasteiger partial charge on any atom is 2.00 e. The maximum absolute atomic E-state index is 3.25. The average Bonchev–Trinajstić information content (AvgIpc) is 3.18. The summed E-state index contributed by atoms with van der Waals surface area (Å²) < 4.78 is 0. The molecule has 4 aromatic carbocycles. The quantitative estimate of drug-likeness (QED) is 0.310. The Balaban J connectivity index is 0. The van der Waals surface area contributed by atoms with E-state index in [2.05, 4.69) is 91.9 Å². The van der Waals surface area contributed by atoms with E-state index in [-0.39, 0.29) is 31.1 Å². The van der Waals surface area contributed by atoms with Crippen molar-refractivity contribution >= 4 is 21.5 Å². The molecule has 0 aromatic heterocycles. The second-order valence-electron chi connectivity index (χ2n) is 4.31. The molecule has 0 saturated heterocycles. The van der Waals surface area contributed by atoms with E-state index < -0.39 is 0 Å². The summed E-state index contributed by atoms with van der Waals surface area (Å²) in [4.78, 5) is 0. The van der Waals surface area contributed by atoms with Crippen molar-refractivity contribution in [3.63, 3.8) is 0 Å². The Kier molecular flexibility index (Phi) is 13.0. The van der Waals surface area contributed by atoms with Crippen LogP contribution >= 0.6 is 0 Å². The molecule has 0 heterocycles. The van der Waals surface area contributed by atoms with E-state index in [9.17, 15) is 0 Å². The molecule has 0 saturated carbocycles. The molecule has 4 rings (SSSR count). The van der Waals surface area contributed by atoms with Gasteiger partial charge in [-0.3, -0.25) is 0 Å². The van der Waals surface area contributed by atoms with Gasteiger partial charge in [-0.05, 0) is 0 Å². The molecular formula is C20H19F2Ti-3. The Morgan fingerprint density at radius 2 is 0.957 bits per heavy atom. The number of halogens is 2. The van der Waals surface area contributed by atoms with Gasteiger partial charge in [-0.1, -0.05) is 12.1 Å². The normalized spacial score (nSPS) is 8.26. The van der Waals surface area contributed by atoms with E-state index in [1.165, 1.54) is 21.5 Å². The summed E-state index contributed by atoms with van der Waals surface area (Å²) in [6.45, 7) is 5.00. The number of hydrogen-bond acceptors (Lipinski definition) is 0. The largest absolute Gasteiger partial charge is 2.00 e. The van der Waals surface area contributed by atoms with Crippen molar-refractivity contribution in [3.05, 3.63) is 91.9 Å². The maximum atomic E-state index is 3.25. The van der Waals surface area contributed by atoms with Crippen LogP contribution in [0.2, 0.25) is 0 Å². The average molecular weight is 345 g/mol. The molecule has 0 aliphatic heterocycles. The molecular weight excluding hydrogens is 326 g/mol. The SMILES string of the molecule is [CH2-]C.[F-].[F-].[Ti+2].c1ccc2[cH-]ccc2c1.c1ccc2[cH-]ccc2c1. The molecule has 3 heteroatoms. The summed E-state index contributed by atoms with van der Waals surface area (Å²) in [6.07, 6.45) is 0. The van der Waals surface area contributed by atoms with E-state index in [0.717, 1.165) is 0 Å². The third-order valence-electron chi connectivity index (χ3n) is 3.10. The first-order valence-corrected chi connectivity index (χ1v) is 6.85. The van der Waals surface area contributed by atoms with Crippen molar-refractivity contribution in [1.82, 2.24) is 0 Å². The molecule has 4 aromatic rings. The molecule has 0 amide bonds. The molecule has 0 nitrogen and oxygen atoms in total. The molecule has 120 valence electrons. The van der Waals surface area contributed by atoms with E-state index in [1.807, 2.05) is 0 Å². The van der Waals surface area contributed by atoms with Crippen molar-refractivity contribution in [3.8, 4) is 0 Å². The molecule has 0 unspecified atom stereocenters. The molecule has 0 bridgehead atoms. The number of benzene rings is 2. The fraction of sp³-hybridized carbons (Fsp3) is 0.0500. The summed E-state index contributed by atoms with van der Waals surface area (Å²) in [5.41, 5.74) is 0. The summed E-state index contributed by atoms with van der Waals surface area (Å²) in [7, 11) is 0. The van der Waals surface area contributed by atoms with E-state index in [4.69, 9.17) is 0 Å². The molecule has 0 atom stereocenters. The fourth-order valence-corrected chi connectivity index (χ4v) is 2.14. The first-order valence-electron chi connectivity index (χ1n) is 6.85. The van der Waals surface area contributed by atoms with Gasteiger partial charge in [0.2, 0.25) is 0 Å². The molecule has 0 fully saturated rings. The molecule has 0 spiro atoms. The zero-order valence-corrected chi connectivity index (χ0v) is 14.6. The van der Waals surface area contributed by atoms with Crippen LogP contribution in [0.4, 0.5) is 0 Å². The minimum Gasteiger partial charge on any atom is -1.00 e. The zero-order chi connectivity index (χ0) is 14.2. The van der Waals surface area contributed by atoms with Gasteiger partial charge in [0, 0.05) is 0 Å². The van der Waals surface area contributed by atoms with Gasteiger partial charge in [0.15, 0.2) is 0 Å². The van der Waals surface area contributed by atoms with E-state index >= 15 is 0 Å². The van der Waals surface area contributed by atoms with Crippen LogP contribution in [0.5, 0.6) is 0 Å². The predicted molar refractivity (Wildman–Crippen MR) is 90.1 cm³/mol. The Morgan fingerprint density at radius 1 is 0.609 bits per heavy atom. The van der Waals surface area contributed by atoms with Crippen LogP contribution in [0.1, 0.15) is 6.92 Å². The van der Waals surface area contributed by atoms with Gasteiger partial charge in [-0.15, -0.1) is 59.3 Å².